The lowest BCUT2D eigenvalue weighted by Gasteiger charge is -2.46. The van der Waals surface area contributed by atoms with Crippen LogP contribution < -0.4 is 22.5 Å². The molecule has 0 atom stereocenters. The van der Waals surface area contributed by atoms with E-state index < -0.39 is 0 Å². The number of allylic oxidation sites excluding steroid dienone is 3. The predicted molar refractivity (Wildman–Crippen MR) is 119 cm³/mol. The van der Waals surface area contributed by atoms with Gasteiger partial charge in [0.25, 0.3) is 0 Å². The second-order valence-corrected chi connectivity index (χ2v) is 8.73. The summed E-state index contributed by atoms with van der Waals surface area (Å²) in [6.07, 6.45) is 7.34. The molecule has 158 valence electrons. The fourth-order valence-electron chi connectivity index (χ4n) is 3.99. The fourth-order valence-corrected chi connectivity index (χ4v) is 3.99. The number of aromatic hydroxyl groups is 1. The zero-order valence-corrected chi connectivity index (χ0v) is 17.6. The van der Waals surface area contributed by atoms with Crippen LogP contribution in [0.25, 0.3) is 11.3 Å². The Hall–Kier alpha value is -2.93. The average Bonchev–Trinajstić information content (AvgIpc) is 2.58. The summed E-state index contributed by atoms with van der Waals surface area (Å²) in [7, 11) is 0. The molecule has 7 nitrogen and oxygen atoms in total. The van der Waals surface area contributed by atoms with Crippen molar-refractivity contribution in [3.8, 4) is 5.75 Å². The number of hydrogen-bond acceptors (Lipinski definition) is 7. The minimum atomic E-state index is -0.0393. The van der Waals surface area contributed by atoms with Crippen molar-refractivity contribution in [3.05, 3.63) is 53.6 Å². The first-order valence-corrected chi connectivity index (χ1v) is 9.61. The molecular formula is C22H33N5O2. The summed E-state index contributed by atoms with van der Waals surface area (Å²) in [6, 6.07) is 4.93. The van der Waals surface area contributed by atoms with Crippen LogP contribution in [0.15, 0.2) is 42.4 Å². The average molecular weight is 400 g/mol. The molecule has 0 unspecified atom stereocenters. The number of nitrogens with one attached hydrogen (secondary N) is 2. The maximum atomic E-state index is 10.3. The lowest BCUT2D eigenvalue weighted by Crippen LogP contribution is -2.59. The van der Waals surface area contributed by atoms with Crippen molar-refractivity contribution in [3.63, 3.8) is 0 Å². The van der Waals surface area contributed by atoms with Gasteiger partial charge in [0.15, 0.2) is 5.88 Å². The first-order valence-electron chi connectivity index (χ1n) is 9.61. The number of rotatable bonds is 6. The summed E-state index contributed by atoms with van der Waals surface area (Å²) in [5, 5.41) is 21.2. The van der Waals surface area contributed by atoms with E-state index in [1.165, 1.54) is 12.3 Å². The minimum Gasteiger partial charge on any atom is -0.507 e. The molecule has 29 heavy (non-hydrogen) atoms. The van der Waals surface area contributed by atoms with E-state index in [-0.39, 0.29) is 28.8 Å². The second-order valence-electron chi connectivity index (χ2n) is 8.73. The molecule has 0 bridgehead atoms. The normalized spacial score (nSPS) is 20.3. The highest BCUT2D eigenvalue weighted by Crippen LogP contribution is 2.31. The summed E-state index contributed by atoms with van der Waals surface area (Å²) < 4.78 is 5.95. The van der Waals surface area contributed by atoms with Gasteiger partial charge in [-0.1, -0.05) is 6.07 Å². The highest BCUT2D eigenvalue weighted by molar-refractivity contribution is 6.08. The number of ether oxygens (including phenoxy) is 1. The van der Waals surface area contributed by atoms with Crippen molar-refractivity contribution in [1.82, 2.24) is 5.32 Å². The zero-order chi connectivity index (χ0) is 21.8. The number of hydrogen-bond donors (Lipinski definition) is 6. The van der Waals surface area contributed by atoms with Crippen molar-refractivity contribution < 1.29 is 9.84 Å². The van der Waals surface area contributed by atoms with Crippen molar-refractivity contribution in [2.24, 2.45) is 17.2 Å². The quantitative estimate of drug-likeness (QED) is 0.247. The number of phenolic OH excluding ortho intramolecular Hbond substituents is 1. The summed E-state index contributed by atoms with van der Waals surface area (Å²) in [6.45, 7) is 8.60. The van der Waals surface area contributed by atoms with Gasteiger partial charge >= 0.3 is 0 Å². The van der Waals surface area contributed by atoms with Crippen molar-refractivity contribution in [2.75, 3.05) is 0 Å². The molecule has 0 aromatic heterocycles. The van der Waals surface area contributed by atoms with Gasteiger partial charge in [-0.05, 0) is 57.5 Å². The van der Waals surface area contributed by atoms with E-state index in [2.05, 4.69) is 33.0 Å². The second kappa shape index (κ2) is 8.61. The van der Waals surface area contributed by atoms with E-state index >= 15 is 0 Å². The highest BCUT2D eigenvalue weighted by Gasteiger charge is 2.38. The Morgan fingerprint density at radius 1 is 1.17 bits per heavy atom. The van der Waals surface area contributed by atoms with E-state index in [1.807, 2.05) is 0 Å². The Bertz CT molecular complexity index is 837. The molecule has 0 saturated carbocycles. The first-order chi connectivity index (χ1) is 13.5. The van der Waals surface area contributed by atoms with Crippen LogP contribution in [0.3, 0.4) is 0 Å². The van der Waals surface area contributed by atoms with Crippen LogP contribution in [0.5, 0.6) is 5.75 Å². The van der Waals surface area contributed by atoms with E-state index in [9.17, 15) is 5.11 Å². The van der Waals surface area contributed by atoms with Gasteiger partial charge in [0.05, 0.1) is 0 Å². The molecular weight excluding hydrogens is 366 g/mol. The van der Waals surface area contributed by atoms with Crippen molar-refractivity contribution in [1.29, 1.82) is 5.41 Å². The summed E-state index contributed by atoms with van der Waals surface area (Å²) in [5.41, 5.74) is 19.5. The largest absolute Gasteiger partial charge is 0.507 e. The van der Waals surface area contributed by atoms with E-state index in [1.54, 1.807) is 24.3 Å². The van der Waals surface area contributed by atoms with Crippen LogP contribution in [-0.2, 0) is 4.74 Å². The maximum Gasteiger partial charge on any atom is 0.184 e. The minimum absolute atomic E-state index is 0.00223. The Balaban J connectivity index is 2.13. The van der Waals surface area contributed by atoms with Crippen LogP contribution in [0.2, 0.25) is 0 Å². The molecule has 1 aliphatic heterocycles. The molecule has 1 aromatic rings. The Morgan fingerprint density at radius 3 is 2.31 bits per heavy atom. The molecule has 0 spiro atoms. The summed E-state index contributed by atoms with van der Waals surface area (Å²) in [4.78, 5) is 0. The topological polar surface area (TPSA) is 143 Å². The molecule has 1 aromatic carbocycles. The first kappa shape index (κ1) is 22.4. The van der Waals surface area contributed by atoms with Crippen LogP contribution >= 0.6 is 0 Å². The van der Waals surface area contributed by atoms with Gasteiger partial charge in [0.2, 0.25) is 0 Å². The van der Waals surface area contributed by atoms with Gasteiger partial charge in [-0.2, -0.15) is 0 Å². The smallest absolute Gasteiger partial charge is 0.184 e. The van der Waals surface area contributed by atoms with Crippen LogP contribution in [0, 0.1) is 5.41 Å². The molecule has 0 amide bonds. The Labute approximate surface area is 172 Å². The van der Waals surface area contributed by atoms with Crippen LogP contribution in [0.1, 0.15) is 51.7 Å². The van der Waals surface area contributed by atoms with Gasteiger partial charge in [-0.15, -0.1) is 0 Å². The van der Waals surface area contributed by atoms with Gasteiger partial charge < -0.3 is 37.8 Å². The molecule has 1 aliphatic rings. The molecule has 1 fully saturated rings. The van der Waals surface area contributed by atoms with Crippen LogP contribution in [0.4, 0.5) is 0 Å². The molecule has 1 heterocycles. The molecule has 2 rings (SSSR count). The third-order valence-electron chi connectivity index (χ3n) is 4.86. The number of phenols is 1. The molecule has 0 aliphatic carbocycles. The fraction of sp³-hybridized carbons (Fsp3) is 0.409. The molecule has 1 saturated heterocycles. The third kappa shape index (κ3) is 6.02. The molecule has 0 radical (unpaired) electrons. The monoisotopic (exact) mass is 399 g/mol. The lowest BCUT2D eigenvalue weighted by molar-refractivity contribution is 0.0130. The van der Waals surface area contributed by atoms with Gasteiger partial charge in [0.1, 0.15) is 11.9 Å². The van der Waals surface area contributed by atoms with Gasteiger partial charge in [-0.25, -0.2) is 0 Å². The molecule has 7 heteroatoms. The Kier molecular flexibility index (Phi) is 6.64. The third-order valence-corrected chi connectivity index (χ3v) is 4.86. The Morgan fingerprint density at radius 2 is 1.79 bits per heavy atom. The van der Waals surface area contributed by atoms with E-state index in [0.29, 0.717) is 22.4 Å². The maximum absolute atomic E-state index is 10.3. The lowest BCUT2D eigenvalue weighted by atomic mass is 9.81. The van der Waals surface area contributed by atoms with E-state index in [0.717, 1.165) is 19.1 Å². The predicted octanol–water partition coefficient (Wildman–Crippen LogP) is 2.77. The number of nitrogens with two attached hydrogens (primary N) is 3. The van der Waals surface area contributed by atoms with Gasteiger partial charge in [-0.3, -0.25) is 0 Å². The van der Waals surface area contributed by atoms with Crippen molar-refractivity contribution >= 4 is 17.5 Å². The number of piperidine rings is 1. The van der Waals surface area contributed by atoms with Crippen LogP contribution in [-0.4, -0.2) is 28.5 Å². The SMILES string of the molecule is CC1(C)CC(O/C(N)=C/C=C(\N)c2ccc(/C(C=N)=C/N)cc2O)CC(C)(C)N1. The highest BCUT2D eigenvalue weighted by atomic mass is 16.5. The summed E-state index contributed by atoms with van der Waals surface area (Å²) in [5.74, 6) is 0.270. The van der Waals surface area contributed by atoms with E-state index in [4.69, 9.17) is 27.3 Å². The zero-order valence-electron chi connectivity index (χ0n) is 17.6. The molecule has 9 N–H and O–H groups in total. The summed E-state index contributed by atoms with van der Waals surface area (Å²) >= 11 is 0. The number of benzene rings is 1. The standard InChI is InChI=1S/C22H33N5O2/c1-21(2)10-16(11-22(3,4)27-21)29-20(26)8-7-18(25)17-6-5-14(9-19(17)28)15(12-23)13-24/h5-9,12-13,16,23,27-28H,10-11,24-26H2,1-4H3/b15-13+,18-7-,20-8+,23-12?. The van der Waals surface area contributed by atoms with Crippen molar-refractivity contribution in [2.45, 2.75) is 57.7 Å². The van der Waals surface area contributed by atoms with Gasteiger partial charge in [0, 0.05) is 53.2 Å².